The fraction of sp³-hybridized carbons (Fsp3) is 0.467. The lowest BCUT2D eigenvalue weighted by Gasteiger charge is -2.32. The molecule has 0 radical (unpaired) electrons. The lowest BCUT2D eigenvalue weighted by molar-refractivity contribution is -0.0225. The van der Waals surface area contributed by atoms with Crippen LogP contribution in [-0.2, 0) is 0 Å². The van der Waals surface area contributed by atoms with Crippen molar-refractivity contribution in [3.8, 4) is 0 Å². The minimum Gasteiger partial charge on any atom is -0.398 e. The first-order valence-corrected chi connectivity index (χ1v) is 7.12. The number of nitrogens with one attached hydrogen (secondary N) is 2. The van der Waals surface area contributed by atoms with Gasteiger partial charge in [-0.1, -0.05) is 12.1 Å². The quantitative estimate of drug-likeness (QED) is 0.162. The monoisotopic (exact) mass is 307 g/mol. The average Bonchev–Trinajstić information content (AvgIpc) is 2.46. The van der Waals surface area contributed by atoms with Crippen LogP contribution in [0.15, 0.2) is 23.3 Å². The average molecular weight is 307 g/mol. The van der Waals surface area contributed by atoms with E-state index in [1.54, 1.807) is 6.07 Å². The number of benzene rings is 1. The van der Waals surface area contributed by atoms with E-state index in [9.17, 15) is 5.11 Å². The molecule has 0 saturated heterocycles. The van der Waals surface area contributed by atoms with Crippen molar-refractivity contribution in [2.75, 3.05) is 12.5 Å². The maximum absolute atomic E-state index is 10.6. The van der Waals surface area contributed by atoms with Gasteiger partial charge in [-0.2, -0.15) is 5.10 Å². The van der Waals surface area contributed by atoms with E-state index in [1.165, 1.54) is 5.01 Å². The number of hydrazone groups is 1. The molecular weight excluding hydrogens is 282 g/mol. The summed E-state index contributed by atoms with van der Waals surface area (Å²) in [5, 5.41) is 34.8. The molecule has 7 heteroatoms. The molecule has 0 aromatic heterocycles. The SMILES string of the molecule is C=NN(C(C)CCC(=N)NCO)C(O)c1c(C)cccc1N. The summed E-state index contributed by atoms with van der Waals surface area (Å²) < 4.78 is 0. The Balaban J connectivity index is 2.82. The summed E-state index contributed by atoms with van der Waals surface area (Å²) in [5.74, 6) is 0.239. The van der Waals surface area contributed by atoms with Gasteiger partial charge in [0.2, 0.25) is 0 Å². The van der Waals surface area contributed by atoms with Gasteiger partial charge in [-0.25, -0.2) is 0 Å². The molecule has 0 bridgehead atoms. The minimum absolute atomic E-state index is 0.146. The van der Waals surface area contributed by atoms with Crippen molar-refractivity contribution < 1.29 is 10.2 Å². The van der Waals surface area contributed by atoms with Gasteiger partial charge in [0.05, 0.1) is 5.84 Å². The summed E-state index contributed by atoms with van der Waals surface area (Å²) in [6.45, 7) is 7.02. The molecule has 0 fully saturated rings. The van der Waals surface area contributed by atoms with E-state index >= 15 is 0 Å². The Hall–Kier alpha value is -2.12. The first-order valence-electron chi connectivity index (χ1n) is 7.12. The van der Waals surface area contributed by atoms with Crippen LogP contribution in [0.2, 0.25) is 0 Å². The molecule has 0 aliphatic rings. The van der Waals surface area contributed by atoms with Gasteiger partial charge in [-0.15, -0.1) is 0 Å². The van der Waals surface area contributed by atoms with Crippen molar-refractivity contribution in [2.45, 2.75) is 39.0 Å². The number of rotatable bonds is 8. The van der Waals surface area contributed by atoms with Gasteiger partial charge in [0.1, 0.15) is 6.73 Å². The van der Waals surface area contributed by atoms with E-state index in [2.05, 4.69) is 17.1 Å². The number of nitrogens with two attached hydrogens (primary N) is 1. The van der Waals surface area contributed by atoms with Gasteiger partial charge < -0.3 is 21.3 Å². The minimum atomic E-state index is -0.992. The summed E-state index contributed by atoms with van der Waals surface area (Å²) in [7, 11) is 0. The van der Waals surface area contributed by atoms with Crippen molar-refractivity contribution in [2.24, 2.45) is 5.10 Å². The van der Waals surface area contributed by atoms with E-state index in [1.807, 2.05) is 26.0 Å². The van der Waals surface area contributed by atoms with Crippen molar-refractivity contribution >= 4 is 18.2 Å². The zero-order valence-corrected chi connectivity index (χ0v) is 13.1. The molecule has 0 aliphatic carbocycles. The van der Waals surface area contributed by atoms with Crippen LogP contribution >= 0.6 is 0 Å². The first kappa shape index (κ1) is 17.9. The molecule has 7 nitrogen and oxygen atoms in total. The standard InChI is InChI=1S/C15H25N5O2/c1-10-5-4-6-12(16)14(10)15(22)20(18-3)11(2)7-8-13(17)19-9-21/h4-6,11,15,21-22H,3,7-9,16H2,1-2H3,(H2,17,19). The molecule has 0 heterocycles. The normalized spacial score (nSPS) is 13.3. The van der Waals surface area contributed by atoms with E-state index in [0.717, 1.165) is 5.56 Å². The molecule has 0 aliphatic heterocycles. The highest BCUT2D eigenvalue weighted by Gasteiger charge is 2.24. The molecule has 2 atom stereocenters. The van der Waals surface area contributed by atoms with Crippen LogP contribution in [-0.4, -0.2) is 40.5 Å². The Morgan fingerprint density at radius 1 is 1.55 bits per heavy atom. The molecule has 1 rings (SSSR count). The Labute approximate surface area is 131 Å². The second-order valence-corrected chi connectivity index (χ2v) is 5.17. The largest absolute Gasteiger partial charge is 0.398 e. The zero-order valence-electron chi connectivity index (χ0n) is 13.1. The smallest absolute Gasteiger partial charge is 0.171 e. The fourth-order valence-electron chi connectivity index (χ4n) is 2.32. The molecule has 22 heavy (non-hydrogen) atoms. The van der Waals surface area contributed by atoms with Crippen molar-refractivity contribution in [1.82, 2.24) is 10.3 Å². The van der Waals surface area contributed by atoms with Gasteiger partial charge in [0.15, 0.2) is 6.23 Å². The fourth-order valence-corrected chi connectivity index (χ4v) is 2.32. The van der Waals surface area contributed by atoms with Crippen LogP contribution in [0.1, 0.15) is 37.1 Å². The molecule has 0 saturated carbocycles. The van der Waals surface area contributed by atoms with Gasteiger partial charge in [0.25, 0.3) is 0 Å². The van der Waals surface area contributed by atoms with E-state index < -0.39 is 6.23 Å². The number of nitrogen functional groups attached to an aromatic ring is 1. The first-order chi connectivity index (χ1) is 10.4. The third kappa shape index (κ3) is 4.44. The topological polar surface area (TPSA) is 118 Å². The lowest BCUT2D eigenvalue weighted by Crippen LogP contribution is -2.34. The summed E-state index contributed by atoms with van der Waals surface area (Å²) in [4.78, 5) is 0. The number of aliphatic hydroxyl groups excluding tert-OH is 2. The Bertz CT molecular complexity index is 500. The molecule has 1 aromatic rings. The maximum atomic E-state index is 10.6. The summed E-state index contributed by atoms with van der Waals surface area (Å²) >= 11 is 0. The predicted molar refractivity (Wildman–Crippen MR) is 88.6 cm³/mol. The van der Waals surface area contributed by atoms with Crippen LogP contribution in [0.5, 0.6) is 0 Å². The number of amidine groups is 1. The number of aliphatic hydroxyl groups is 2. The van der Waals surface area contributed by atoms with Crippen molar-refractivity contribution in [1.29, 1.82) is 5.41 Å². The molecular formula is C15H25N5O2. The highest BCUT2D eigenvalue weighted by molar-refractivity contribution is 5.78. The molecule has 0 spiro atoms. The molecule has 0 amide bonds. The van der Waals surface area contributed by atoms with Crippen LogP contribution < -0.4 is 11.1 Å². The van der Waals surface area contributed by atoms with Crippen LogP contribution in [0.3, 0.4) is 0 Å². The van der Waals surface area contributed by atoms with Gasteiger partial charge >= 0.3 is 0 Å². The summed E-state index contributed by atoms with van der Waals surface area (Å²) in [6.07, 6.45) is 0.0194. The van der Waals surface area contributed by atoms with Crippen molar-refractivity contribution in [3.05, 3.63) is 29.3 Å². The maximum Gasteiger partial charge on any atom is 0.171 e. The van der Waals surface area contributed by atoms with Crippen LogP contribution in [0.25, 0.3) is 0 Å². The molecule has 122 valence electrons. The lowest BCUT2D eigenvalue weighted by atomic mass is 10.0. The molecule has 2 unspecified atom stereocenters. The number of hydrogen-bond acceptors (Lipinski definition) is 6. The van der Waals surface area contributed by atoms with E-state index in [4.69, 9.17) is 16.2 Å². The Kier molecular flexibility index (Phi) is 6.81. The van der Waals surface area contributed by atoms with Crippen molar-refractivity contribution in [3.63, 3.8) is 0 Å². The van der Waals surface area contributed by atoms with Crippen LogP contribution in [0, 0.1) is 12.3 Å². The second kappa shape index (κ2) is 8.35. The number of hydrogen-bond donors (Lipinski definition) is 5. The highest BCUT2D eigenvalue weighted by atomic mass is 16.3. The summed E-state index contributed by atoms with van der Waals surface area (Å²) in [5.41, 5.74) is 7.95. The number of aryl methyl sites for hydroxylation is 1. The predicted octanol–water partition coefficient (Wildman–Crippen LogP) is 1.17. The zero-order chi connectivity index (χ0) is 16.7. The van der Waals surface area contributed by atoms with E-state index in [0.29, 0.717) is 24.1 Å². The Morgan fingerprint density at radius 2 is 2.23 bits per heavy atom. The number of nitrogens with zero attached hydrogens (tertiary/aromatic N) is 2. The van der Waals surface area contributed by atoms with Gasteiger partial charge in [0, 0.05) is 30.4 Å². The van der Waals surface area contributed by atoms with E-state index in [-0.39, 0.29) is 18.6 Å². The van der Waals surface area contributed by atoms with Gasteiger partial charge in [-0.05, 0) is 31.9 Å². The summed E-state index contributed by atoms with van der Waals surface area (Å²) in [6, 6.07) is 5.30. The second-order valence-electron chi connectivity index (χ2n) is 5.17. The Morgan fingerprint density at radius 3 is 2.77 bits per heavy atom. The number of anilines is 1. The third-order valence-corrected chi connectivity index (χ3v) is 3.59. The van der Waals surface area contributed by atoms with Crippen LogP contribution in [0.4, 0.5) is 5.69 Å². The molecule has 6 N–H and O–H groups in total. The highest BCUT2D eigenvalue weighted by Crippen LogP contribution is 2.29. The van der Waals surface area contributed by atoms with Gasteiger partial charge in [-0.3, -0.25) is 10.4 Å². The molecule has 1 aromatic carbocycles. The third-order valence-electron chi connectivity index (χ3n) is 3.59.